The third-order valence-electron chi connectivity index (χ3n) is 2.68. The number of para-hydroxylation sites is 1. The van der Waals surface area contributed by atoms with E-state index in [9.17, 15) is 4.79 Å². The van der Waals surface area contributed by atoms with Crippen LogP contribution in [0, 0.1) is 0 Å². The van der Waals surface area contributed by atoms with Crippen LogP contribution in [0.3, 0.4) is 0 Å². The van der Waals surface area contributed by atoms with Gasteiger partial charge < -0.3 is 15.0 Å². The molecular formula is C14H19Cl3N2O2. The van der Waals surface area contributed by atoms with Crippen LogP contribution in [0.2, 0.25) is 0 Å². The van der Waals surface area contributed by atoms with Crippen LogP contribution >= 0.6 is 34.8 Å². The van der Waals surface area contributed by atoms with Gasteiger partial charge in [-0.25, -0.2) is 4.79 Å². The number of rotatable bonds is 7. The first-order valence-corrected chi connectivity index (χ1v) is 7.83. The van der Waals surface area contributed by atoms with Gasteiger partial charge >= 0.3 is 6.09 Å². The maximum Gasteiger partial charge on any atom is 0.408 e. The third kappa shape index (κ3) is 8.24. The predicted molar refractivity (Wildman–Crippen MR) is 88.3 cm³/mol. The Balaban J connectivity index is 2.48. The molecule has 1 rings (SSSR count). The number of alkyl halides is 3. The number of nitrogens with one attached hydrogen (secondary N) is 1. The van der Waals surface area contributed by atoms with Gasteiger partial charge in [-0.2, -0.15) is 0 Å². The lowest BCUT2D eigenvalue weighted by Gasteiger charge is -2.25. The van der Waals surface area contributed by atoms with Crippen molar-refractivity contribution in [3.05, 3.63) is 30.3 Å². The quantitative estimate of drug-likeness (QED) is 0.585. The molecule has 0 spiro atoms. The molecule has 21 heavy (non-hydrogen) atoms. The van der Waals surface area contributed by atoms with E-state index >= 15 is 0 Å². The topological polar surface area (TPSA) is 41.6 Å². The molecule has 1 aromatic carbocycles. The number of anilines is 1. The van der Waals surface area contributed by atoms with Crippen LogP contribution in [0.15, 0.2) is 30.3 Å². The molecule has 4 nitrogen and oxygen atoms in total. The Kier molecular flexibility index (Phi) is 8.01. The van der Waals surface area contributed by atoms with Gasteiger partial charge in [0.05, 0.1) is 6.67 Å². The number of amides is 1. The minimum atomic E-state index is -1.60. The Morgan fingerprint density at radius 1 is 1.29 bits per heavy atom. The summed E-state index contributed by atoms with van der Waals surface area (Å²) in [7, 11) is 0. The number of alkyl carbamates (subject to hydrolysis) is 1. The number of hydrogen-bond acceptors (Lipinski definition) is 3. The van der Waals surface area contributed by atoms with Crippen LogP contribution in [0.25, 0.3) is 0 Å². The number of hydrogen-bond donors (Lipinski definition) is 1. The highest BCUT2D eigenvalue weighted by atomic mass is 35.6. The molecule has 0 aliphatic heterocycles. The Hall–Kier alpha value is -0.840. The Morgan fingerprint density at radius 3 is 2.52 bits per heavy atom. The smallest absolute Gasteiger partial charge is 0.408 e. The summed E-state index contributed by atoms with van der Waals surface area (Å²) in [5.41, 5.74) is 1.03. The SMILES string of the molecule is CCCCN(CNC(=O)OCC(Cl)(Cl)Cl)c1ccccc1. The molecule has 0 saturated carbocycles. The van der Waals surface area contributed by atoms with Gasteiger partial charge in [0.15, 0.2) is 0 Å². The zero-order chi connectivity index (χ0) is 15.7. The number of carbonyl (C=O) groups is 1. The first-order valence-electron chi connectivity index (χ1n) is 6.69. The van der Waals surface area contributed by atoms with Crippen molar-refractivity contribution in [1.82, 2.24) is 5.32 Å². The minimum Gasteiger partial charge on any atom is -0.445 e. The summed E-state index contributed by atoms with van der Waals surface area (Å²) in [6.45, 7) is 3.00. The van der Waals surface area contributed by atoms with Gasteiger partial charge in [0.1, 0.15) is 6.61 Å². The maximum absolute atomic E-state index is 11.6. The van der Waals surface area contributed by atoms with E-state index in [-0.39, 0.29) is 6.61 Å². The summed E-state index contributed by atoms with van der Waals surface area (Å²) in [6, 6.07) is 9.84. The second kappa shape index (κ2) is 9.23. The summed E-state index contributed by atoms with van der Waals surface area (Å²) in [5.74, 6) is 0. The summed E-state index contributed by atoms with van der Waals surface area (Å²) in [4.78, 5) is 13.6. The first-order chi connectivity index (χ1) is 9.92. The van der Waals surface area contributed by atoms with Crippen LogP contribution in [-0.4, -0.2) is 29.7 Å². The second-order valence-corrected chi connectivity index (χ2v) is 6.99. The van der Waals surface area contributed by atoms with Crippen LogP contribution in [0.5, 0.6) is 0 Å². The lowest BCUT2D eigenvalue weighted by Crippen LogP contribution is -2.39. The monoisotopic (exact) mass is 352 g/mol. The number of halogens is 3. The molecule has 1 aromatic rings. The summed E-state index contributed by atoms with van der Waals surface area (Å²) >= 11 is 16.6. The van der Waals surface area contributed by atoms with Crippen molar-refractivity contribution >= 4 is 46.6 Å². The average molecular weight is 354 g/mol. The van der Waals surface area contributed by atoms with Gasteiger partial charge in [0.2, 0.25) is 3.79 Å². The molecule has 0 fully saturated rings. The van der Waals surface area contributed by atoms with E-state index in [0.717, 1.165) is 25.1 Å². The summed E-state index contributed by atoms with van der Waals surface area (Å²) in [6.07, 6.45) is 1.49. The number of unbranched alkanes of at least 4 members (excludes halogenated alkanes) is 1. The van der Waals surface area contributed by atoms with Crippen LogP contribution in [0.4, 0.5) is 10.5 Å². The molecule has 0 aliphatic carbocycles. The molecule has 0 atom stereocenters. The van der Waals surface area contributed by atoms with Crippen molar-refractivity contribution in [2.24, 2.45) is 0 Å². The molecular weight excluding hydrogens is 335 g/mol. The zero-order valence-corrected chi connectivity index (χ0v) is 14.1. The molecule has 0 saturated heterocycles. The molecule has 0 aliphatic rings. The van der Waals surface area contributed by atoms with Gasteiger partial charge in [0, 0.05) is 12.2 Å². The first kappa shape index (κ1) is 18.2. The minimum absolute atomic E-state index is 0.288. The average Bonchev–Trinajstić information content (AvgIpc) is 2.45. The Bertz CT molecular complexity index is 424. The fraction of sp³-hybridized carbons (Fsp3) is 0.500. The normalized spacial score (nSPS) is 11.0. The molecule has 0 heterocycles. The number of benzene rings is 1. The second-order valence-electron chi connectivity index (χ2n) is 4.48. The predicted octanol–water partition coefficient (Wildman–Crippen LogP) is 4.35. The molecule has 0 bridgehead atoms. The summed E-state index contributed by atoms with van der Waals surface area (Å²) < 4.78 is 3.23. The van der Waals surface area contributed by atoms with Crippen molar-refractivity contribution in [2.45, 2.75) is 23.6 Å². The van der Waals surface area contributed by atoms with E-state index < -0.39 is 9.89 Å². The van der Waals surface area contributed by atoms with Crippen molar-refractivity contribution < 1.29 is 9.53 Å². The van der Waals surface area contributed by atoms with E-state index in [4.69, 9.17) is 39.5 Å². The van der Waals surface area contributed by atoms with Crippen molar-refractivity contribution in [3.8, 4) is 0 Å². The maximum atomic E-state index is 11.6. The Labute approximate surface area is 140 Å². The molecule has 1 amide bonds. The van der Waals surface area contributed by atoms with E-state index in [1.807, 2.05) is 30.3 Å². The van der Waals surface area contributed by atoms with Crippen LogP contribution in [0.1, 0.15) is 19.8 Å². The molecule has 0 aromatic heterocycles. The lowest BCUT2D eigenvalue weighted by molar-refractivity contribution is 0.148. The van der Waals surface area contributed by atoms with E-state index in [2.05, 4.69) is 17.1 Å². The van der Waals surface area contributed by atoms with E-state index in [1.54, 1.807) is 0 Å². The van der Waals surface area contributed by atoms with Crippen molar-refractivity contribution in [2.75, 3.05) is 24.7 Å². The van der Waals surface area contributed by atoms with Gasteiger partial charge in [-0.1, -0.05) is 66.3 Å². The molecule has 7 heteroatoms. The third-order valence-corrected chi connectivity index (χ3v) is 3.01. The molecule has 0 unspecified atom stereocenters. The number of ether oxygens (including phenoxy) is 1. The lowest BCUT2D eigenvalue weighted by atomic mass is 10.2. The fourth-order valence-electron chi connectivity index (χ4n) is 1.65. The highest BCUT2D eigenvalue weighted by Crippen LogP contribution is 2.25. The number of nitrogens with zero attached hydrogens (tertiary/aromatic N) is 1. The van der Waals surface area contributed by atoms with Gasteiger partial charge in [-0.15, -0.1) is 0 Å². The van der Waals surface area contributed by atoms with Crippen molar-refractivity contribution in [3.63, 3.8) is 0 Å². The van der Waals surface area contributed by atoms with E-state index in [1.165, 1.54) is 0 Å². The largest absolute Gasteiger partial charge is 0.445 e. The van der Waals surface area contributed by atoms with E-state index in [0.29, 0.717) is 6.67 Å². The van der Waals surface area contributed by atoms with Crippen LogP contribution in [-0.2, 0) is 4.74 Å². The summed E-state index contributed by atoms with van der Waals surface area (Å²) in [5, 5.41) is 2.65. The van der Waals surface area contributed by atoms with Gasteiger partial charge in [-0.3, -0.25) is 0 Å². The van der Waals surface area contributed by atoms with Crippen LogP contribution < -0.4 is 10.2 Å². The Morgan fingerprint density at radius 2 is 1.95 bits per heavy atom. The molecule has 0 radical (unpaired) electrons. The van der Waals surface area contributed by atoms with Gasteiger partial charge in [-0.05, 0) is 18.6 Å². The standard InChI is InChI=1S/C14H19Cl3N2O2/c1-2-3-9-19(12-7-5-4-6-8-12)11-18-13(20)21-10-14(15,16)17/h4-8H,2-3,9-11H2,1H3,(H,18,20). The molecule has 1 N–H and O–H groups in total. The zero-order valence-electron chi connectivity index (χ0n) is 11.8. The highest BCUT2D eigenvalue weighted by Gasteiger charge is 2.22. The van der Waals surface area contributed by atoms with Gasteiger partial charge in [0.25, 0.3) is 0 Å². The highest BCUT2D eigenvalue weighted by molar-refractivity contribution is 6.67. The van der Waals surface area contributed by atoms with Crippen molar-refractivity contribution in [1.29, 1.82) is 0 Å². The number of carbonyl (C=O) groups excluding carboxylic acids is 1. The molecule has 118 valence electrons. The fourth-order valence-corrected chi connectivity index (χ4v) is 1.81.